The normalized spacial score (nSPS) is 13.5. The van der Waals surface area contributed by atoms with Crippen LogP contribution in [0.5, 0.6) is 28.9 Å². The minimum atomic E-state index is -4.39. The van der Waals surface area contributed by atoms with Gasteiger partial charge >= 0.3 is 6.18 Å². The SMILES string of the molecule is Cc1cc(/C=C/C(=O)N2CCN(Cc3ccc(OCCOc4ccc(Cl)cc4)cc3)CC2)cc(Cl)c1Oc1ccc(OCc2ccc(C(F)(F)F)cc2)cn1. The minimum absolute atomic E-state index is 0.0693. The quantitative estimate of drug-likeness (QED) is 0.0819. The number of carbonyl (C=O) groups is 1. The first-order valence-electron chi connectivity index (χ1n) is 17.5. The van der Waals surface area contributed by atoms with Gasteiger partial charge in [0.15, 0.2) is 5.75 Å². The summed E-state index contributed by atoms with van der Waals surface area (Å²) in [5, 5.41) is 1.02. The fourth-order valence-corrected chi connectivity index (χ4v) is 6.19. The number of piperazine rings is 1. The molecule has 0 spiro atoms. The Kier molecular flexibility index (Phi) is 13.2. The Bertz CT molecular complexity index is 2030. The molecular formula is C42H38Cl2F3N3O5. The van der Waals surface area contributed by atoms with Gasteiger partial charge in [0.1, 0.15) is 37.1 Å². The van der Waals surface area contributed by atoms with E-state index in [0.29, 0.717) is 53.4 Å². The molecule has 1 aliphatic heterocycles. The zero-order valence-corrected chi connectivity index (χ0v) is 31.4. The molecule has 2 heterocycles. The predicted octanol–water partition coefficient (Wildman–Crippen LogP) is 9.90. The fourth-order valence-electron chi connectivity index (χ4n) is 5.76. The van der Waals surface area contributed by atoms with Crippen molar-refractivity contribution < 1.29 is 36.9 Å². The van der Waals surface area contributed by atoms with Crippen molar-refractivity contribution in [1.29, 1.82) is 0 Å². The lowest BCUT2D eigenvalue weighted by atomic mass is 10.1. The third-order valence-corrected chi connectivity index (χ3v) is 9.25. The van der Waals surface area contributed by atoms with Gasteiger partial charge in [-0.2, -0.15) is 13.2 Å². The van der Waals surface area contributed by atoms with Crippen molar-refractivity contribution in [2.24, 2.45) is 0 Å². The van der Waals surface area contributed by atoms with Crippen LogP contribution in [0.3, 0.4) is 0 Å². The zero-order valence-electron chi connectivity index (χ0n) is 29.9. The summed E-state index contributed by atoms with van der Waals surface area (Å²) in [6.45, 7) is 6.32. The van der Waals surface area contributed by atoms with Crippen molar-refractivity contribution in [3.8, 4) is 28.9 Å². The summed E-state index contributed by atoms with van der Waals surface area (Å²) < 4.78 is 61.5. The Morgan fingerprint density at radius 1 is 0.782 bits per heavy atom. The van der Waals surface area contributed by atoms with E-state index in [1.54, 1.807) is 42.5 Å². The number of amides is 1. The summed E-state index contributed by atoms with van der Waals surface area (Å²) in [7, 11) is 0. The number of alkyl halides is 3. The van der Waals surface area contributed by atoms with Crippen LogP contribution in [0.25, 0.3) is 6.08 Å². The van der Waals surface area contributed by atoms with Gasteiger partial charge in [0.05, 0.1) is 16.8 Å². The third-order valence-electron chi connectivity index (χ3n) is 8.72. The van der Waals surface area contributed by atoms with E-state index in [4.69, 9.17) is 42.1 Å². The third kappa shape index (κ3) is 11.6. The number of benzene rings is 4. The van der Waals surface area contributed by atoms with Crippen molar-refractivity contribution >= 4 is 35.2 Å². The van der Waals surface area contributed by atoms with Gasteiger partial charge in [-0.25, -0.2) is 4.98 Å². The van der Waals surface area contributed by atoms with Gasteiger partial charge < -0.3 is 23.8 Å². The molecule has 0 atom stereocenters. The van der Waals surface area contributed by atoms with Crippen molar-refractivity contribution in [2.45, 2.75) is 26.3 Å². The molecule has 0 aliphatic carbocycles. The lowest BCUT2D eigenvalue weighted by molar-refractivity contribution is -0.137. The van der Waals surface area contributed by atoms with Crippen LogP contribution in [0.4, 0.5) is 13.2 Å². The zero-order chi connectivity index (χ0) is 38.8. The van der Waals surface area contributed by atoms with Crippen molar-refractivity contribution in [3.05, 3.63) is 147 Å². The fraction of sp³-hybridized carbons (Fsp3) is 0.238. The van der Waals surface area contributed by atoms with E-state index < -0.39 is 11.7 Å². The molecule has 1 aromatic heterocycles. The Hall–Kier alpha value is -5.23. The van der Waals surface area contributed by atoms with Gasteiger partial charge in [0.2, 0.25) is 11.8 Å². The minimum Gasteiger partial charge on any atom is -0.490 e. The average Bonchev–Trinajstić information content (AvgIpc) is 3.18. The van der Waals surface area contributed by atoms with Crippen molar-refractivity contribution in [2.75, 3.05) is 39.4 Å². The highest BCUT2D eigenvalue weighted by Crippen LogP contribution is 2.34. The molecule has 1 fully saturated rings. The van der Waals surface area contributed by atoms with Gasteiger partial charge in [0.25, 0.3) is 0 Å². The molecular weight excluding hydrogens is 754 g/mol. The van der Waals surface area contributed by atoms with Crippen LogP contribution >= 0.6 is 23.2 Å². The predicted molar refractivity (Wildman–Crippen MR) is 206 cm³/mol. The van der Waals surface area contributed by atoms with Gasteiger partial charge in [0, 0.05) is 49.9 Å². The molecule has 0 saturated carbocycles. The first-order chi connectivity index (χ1) is 26.5. The van der Waals surface area contributed by atoms with Crippen LogP contribution in [0.15, 0.2) is 109 Å². The van der Waals surface area contributed by atoms with E-state index in [2.05, 4.69) is 22.0 Å². The Labute approximate surface area is 327 Å². The molecule has 1 saturated heterocycles. The monoisotopic (exact) mass is 791 g/mol. The molecule has 55 heavy (non-hydrogen) atoms. The van der Waals surface area contributed by atoms with Gasteiger partial charge in [-0.3, -0.25) is 9.69 Å². The molecule has 0 radical (unpaired) electrons. The first kappa shape index (κ1) is 39.5. The van der Waals surface area contributed by atoms with Crippen molar-refractivity contribution in [1.82, 2.24) is 14.8 Å². The standard InChI is InChI=1S/C42H38Cl2F3N3O5/c1-29-24-32(25-38(44)41(29)55-39-16-15-37(26-48-39)54-28-31-2-7-33(8-3-31)42(45,46)47)6-17-40(51)50-20-18-49(19-21-50)27-30-4-11-35(12-5-30)52-22-23-53-36-13-9-34(43)10-14-36/h2-17,24-26H,18-23,27-28H2,1H3/b17-6+. The molecule has 6 rings (SSSR count). The van der Waals surface area contributed by atoms with Crippen LogP contribution in [0.1, 0.15) is 27.8 Å². The molecule has 5 aromatic rings. The maximum Gasteiger partial charge on any atom is 0.416 e. The number of rotatable bonds is 14. The topological polar surface area (TPSA) is 73.4 Å². The summed E-state index contributed by atoms with van der Waals surface area (Å²) in [4.78, 5) is 21.5. The maximum atomic E-state index is 13.0. The number of halogens is 5. The highest BCUT2D eigenvalue weighted by atomic mass is 35.5. The number of nitrogens with zero attached hydrogens (tertiary/aromatic N) is 3. The summed E-state index contributed by atoms with van der Waals surface area (Å²) in [5.41, 5.74) is 2.54. The molecule has 0 N–H and O–H groups in total. The molecule has 0 bridgehead atoms. The van der Waals surface area contributed by atoms with E-state index in [9.17, 15) is 18.0 Å². The van der Waals surface area contributed by atoms with E-state index >= 15 is 0 Å². The van der Waals surface area contributed by atoms with Crippen LogP contribution in [-0.4, -0.2) is 60.1 Å². The van der Waals surface area contributed by atoms with Gasteiger partial charge in [-0.05, 0) is 102 Å². The summed E-state index contributed by atoms with van der Waals surface area (Å²) >= 11 is 12.5. The number of hydrogen-bond acceptors (Lipinski definition) is 7. The molecule has 4 aromatic carbocycles. The number of hydrogen-bond donors (Lipinski definition) is 0. The Balaban J connectivity index is 0.916. The number of aryl methyl sites for hydroxylation is 1. The second kappa shape index (κ2) is 18.4. The van der Waals surface area contributed by atoms with Crippen LogP contribution in [-0.2, 0) is 24.1 Å². The first-order valence-corrected chi connectivity index (χ1v) is 18.3. The smallest absolute Gasteiger partial charge is 0.416 e. The van der Waals surface area contributed by atoms with E-state index in [0.717, 1.165) is 54.4 Å². The highest BCUT2D eigenvalue weighted by molar-refractivity contribution is 6.32. The number of aromatic nitrogens is 1. The molecule has 13 heteroatoms. The van der Waals surface area contributed by atoms with Gasteiger partial charge in [-0.15, -0.1) is 0 Å². The summed E-state index contributed by atoms with van der Waals surface area (Å²) in [6, 6.07) is 26.9. The number of pyridine rings is 1. The lowest BCUT2D eigenvalue weighted by Gasteiger charge is -2.34. The number of carbonyl (C=O) groups excluding carboxylic acids is 1. The Morgan fingerprint density at radius 2 is 1.40 bits per heavy atom. The van der Waals surface area contributed by atoms with Crippen LogP contribution in [0.2, 0.25) is 10.0 Å². The lowest BCUT2D eigenvalue weighted by Crippen LogP contribution is -2.47. The number of ether oxygens (including phenoxy) is 4. The Morgan fingerprint density at radius 3 is 2.00 bits per heavy atom. The van der Waals surface area contributed by atoms with Crippen LogP contribution in [0, 0.1) is 6.92 Å². The summed E-state index contributed by atoms with van der Waals surface area (Å²) in [6.07, 6.45) is 0.374. The molecule has 286 valence electrons. The van der Waals surface area contributed by atoms with Crippen molar-refractivity contribution in [3.63, 3.8) is 0 Å². The largest absolute Gasteiger partial charge is 0.490 e. The molecule has 1 aliphatic rings. The van der Waals surface area contributed by atoms with Gasteiger partial charge in [-0.1, -0.05) is 47.5 Å². The van der Waals surface area contributed by atoms with E-state index in [1.807, 2.05) is 42.2 Å². The summed E-state index contributed by atoms with van der Waals surface area (Å²) in [5.74, 6) is 2.58. The second-order valence-corrected chi connectivity index (χ2v) is 13.6. The second-order valence-electron chi connectivity index (χ2n) is 12.8. The van der Waals surface area contributed by atoms with E-state index in [-0.39, 0.29) is 18.4 Å². The molecule has 8 nitrogen and oxygen atoms in total. The maximum absolute atomic E-state index is 13.0. The molecule has 0 unspecified atom stereocenters. The highest BCUT2D eigenvalue weighted by Gasteiger charge is 2.30. The van der Waals surface area contributed by atoms with Crippen LogP contribution < -0.4 is 18.9 Å². The average molecular weight is 793 g/mol. The molecule has 1 amide bonds. The van der Waals surface area contributed by atoms with E-state index in [1.165, 1.54) is 23.9 Å².